The summed E-state index contributed by atoms with van der Waals surface area (Å²) in [5.41, 5.74) is 0.443. The van der Waals surface area contributed by atoms with Gasteiger partial charge in [0.2, 0.25) is 10.0 Å². The molecular weight excluding hydrogens is 282 g/mol. The average Bonchev–Trinajstić information content (AvgIpc) is 2.64. The minimum Gasteiger partial charge on any atom is -0.395 e. The van der Waals surface area contributed by atoms with Crippen LogP contribution in [0.1, 0.15) is 17.9 Å². The number of aromatic nitrogens is 1. The Balaban J connectivity index is 1.98. The van der Waals surface area contributed by atoms with E-state index in [-0.39, 0.29) is 12.4 Å². The van der Waals surface area contributed by atoms with Gasteiger partial charge >= 0.3 is 0 Å². The van der Waals surface area contributed by atoms with Crippen molar-refractivity contribution >= 4 is 10.0 Å². The SMILES string of the molecule is Cc1cc(CS(=O)(=O)N2CCCN(CCO)CC2)no1. The zero-order chi connectivity index (χ0) is 14.6. The van der Waals surface area contributed by atoms with Crippen LogP contribution < -0.4 is 0 Å². The molecule has 2 heterocycles. The lowest BCUT2D eigenvalue weighted by atomic mass is 10.4. The molecule has 0 spiro atoms. The molecule has 0 amide bonds. The molecule has 1 aromatic rings. The first-order valence-electron chi connectivity index (χ1n) is 6.74. The van der Waals surface area contributed by atoms with E-state index in [4.69, 9.17) is 9.63 Å². The smallest absolute Gasteiger partial charge is 0.220 e. The lowest BCUT2D eigenvalue weighted by molar-refractivity contribution is 0.202. The van der Waals surface area contributed by atoms with Crippen molar-refractivity contribution in [1.82, 2.24) is 14.4 Å². The van der Waals surface area contributed by atoms with Crippen molar-refractivity contribution < 1.29 is 18.0 Å². The number of β-amino-alcohol motifs (C(OH)–C–C–N with tert-alkyl or cyclic N) is 1. The summed E-state index contributed by atoms with van der Waals surface area (Å²) in [6, 6.07) is 1.65. The Labute approximate surface area is 119 Å². The number of sulfonamides is 1. The first kappa shape index (κ1) is 15.4. The van der Waals surface area contributed by atoms with Gasteiger partial charge in [0.1, 0.15) is 17.2 Å². The summed E-state index contributed by atoms with van der Waals surface area (Å²) in [5, 5.41) is 12.7. The summed E-state index contributed by atoms with van der Waals surface area (Å²) < 4.78 is 31.1. The van der Waals surface area contributed by atoms with E-state index in [1.54, 1.807) is 13.0 Å². The van der Waals surface area contributed by atoms with Gasteiger partial charge in [-0.2, -0.15) is 0 Å². The maximum atomic E-state index is 12.4. The molecule has 1 aliphatic rings. The van der Waals surface area contributed by atoms with Gasteiger partial charge in [-0.1, -0.05) is 5.16 Å². The van der Waals surface area contributed by atoms with E-state index >= 15 is 0 Å². The molecule has 0 radical (unpaired) electrons. The number of hydrogen-bond donors (Lipinski definition) is 1. The van der Waals surface area contributed by atoms with Crippen LogP contribution >= 0.6 is 0 Å². The molecule has 1 fully saturated rings. The highest BCUT2D eigenvalue weighted by atomic mass is 32.2. The Morgan fingerprint density at radius 1 is 1.35 bits per heavy atom. The van der Waals surface area contributed by atoms with Crippen LogP contribution in [0.4, 0.5) is 0 Å². The molecule has 1 aliphatic heterocycles. The highest BCUT2D eigenvalue weighted by Crippen LogP contribution is 2.14. The van der Waals surface area contributed by atoms with Gasteiger partial charge in [0, 0.05) is 32.2 Å². The molecule has 0 aliphatic carbocycles. The molecule has 1 saturated heterocycles. The fraction of sp³-hybridized carbons (Fsp3) is 0.750. The summed E-state index contributed by atoms with van der Waals surface area (Å²) in [6.45, 7) is 4.87. The van der Waals surface area contributed by atoms with Gasteiger partial charge in [-0.05, 0) is 19.9 Å². The molecule has 1 aromatic heterocycles. The van der Waals surface area contributed by atoms with Crippen molar-refractivity contribution in [1.29, 1.82) is 0 Å². The summed E-state index contributed by atoms with van der Waals surface area (Å²) in [4.78, 5) is 2.08. The zero-order valence-corrected chi connectivity index (χ0v) is 12.5. The number of aryl methyl sites for hydroxylation is 1. The quantitative estimate of drug-likeness (QED) is 0.811. The lowest BCUT2D eigenvalue weighted by Crippen LogP contribution is -2.36. The van der Waals surface area contributed by atoms with E-state index in [9.17, 15) is 8.42 Å². The Hall–Kier alpha value is -0.960. The highest BCUT2D eigenvalue weighted by molar-refractivity contribution is 7.88. The summed E-state index contributed by atoms with van der Waals surface area (Å²) in [6.07, 6.45) is 0.775. The zero-order valence-electron chi connectivity index (χ0n) is 11.7. The van der Waals surface area contributed by atoms with E-state index in [2.05, 4.69) is 10.1 Å². The van der Waals surface area contributed by atoms with Gasteiger partial charge in [-0.3, -0.25) is 4.90 Å². The van der Waals surface area contributed by atoms with Crippen LogP contribution in [-0.2, 0) is 15.8 Å². The molecule has 0 bridgehead atoms. The summed E-state index contributed by atoms with van der Waals surface area (Å²) in [5.74, 6) is 0.491. The third-order valence-corrected chi connectivity index (χ3v) is 5.18. The fourth-order valence-corrected chi connectivity index (χ4v) is 3.81. The van der Waals surface area contributed by atoms with E-state index in [1.165, 1.54) is 4.31 Å². The van der Waals surface area contributed by atoms with Crippen LogP contribution in [0.3, 0.4) is 0 Å². The van der Waals surface area contributed by atoms with Gasteiger partial charge in [0.25, 0.3) is 0 Å². The number of nitrogens with zero attached hydrogens (tertiary/aromatic N) is 3. The molecular formula is C12H21N3O4S. The second-order valence-electron chi connectivity index (χ2n) is 5.00. The average molecular weight is 303 g/mol. The number of aliphatic hydroxyl groups excluding tert-OH is 1. The largest absolute Gasteiger partial charge is 0.395 e. The van der Waals surface area contributed by atoms with Crippen molar-refractivity contribution in [2.75, 3.05) is 39.3 Å². The van der Waals surface area contributed by atoms with E-state index < -0.39 is 10.0 Å². The highest BCUT2D eigenvalue weighted by Gasteiger charge is 2.26. The Morgan fingerprint density at radius 3 is 2.80 bits per heavy atom. The maximum absolute atomic E-state index is 12.4. The number of rotatable bonds is 5. The van der Waals surface area contributed by atoms with E-state index in [1.807, 2.05) is 0 Å². The lowest BCUT2D eigenvalue weighted by Gasteiger charge is -2.20. The summed E-state index contributed by atoms with van der Waals surface area (Å²) >= 11 is 0. The second-order valence-corrected chi connectivity index (χ2v) is 6.97. The Kier molecular flexibility index (Phi) is 5.14. The predicted molar refractivity (Wildman–Crippen MR) is 73.6 cm³/mol. The van der Waals surface area contributed by atoms with Crippen LogP contribution in [0.15, 0.2) is 10.6 Å². The third-order valence-electron chi connectivity index (χ3n) is 3.36. The van der Waals surface area contributed by atoms with Crippen molar-refractivity contribution in [3.8, 4) is 0 Å². The fourth-order valence-electron chi connectivity index (χ4n) is 2.35. The van der Waals surface area contributed by atoms with Gasteiger partial charge in [0.15, 0.2) is 0 Å². The van der Waals surface area contributed by atoms with Crippen LogP contribution in [-0.4, -0.2) is 67.2 Å². The molecule has 2 rings (SSSR count). The van der Waals surface area contributed by atoms with Crippen LogP contribution in [0.25, 0.3) is 0 Å². The van der Waals surface area contributed by atoms with Crippen LogP contribution in [0.2, 0.25) is 0 Å². The predicted octanol–water partition coefficient (Wildman–Crippen LogP) is -0.187. The standard InChI is InChI=1S/C12H21N3O4S/c1-11-9-12(13-19-11)10-20(17,18)15-4-2-3-14(5-6-15)7-8-16/h9,16H,2-8,10H2,1H3. The van der Waals surface area contributed by atoms with E-state index in [0.29, 0.717) is 37.6 Å². The van der Waals surface area contributed by atoms with Gasteiger partial charge < -0.3 is 9.63 Å². The second kappa shape index (κ2) is 6.66. The van der Waals surface area contributed by atoms with Crippen molar-refractivity contribution in [2.24, 2.45) is 0 Å². The molecule has 1 N–H and O–H groups in total. The van der Waals surface area contributed by atoms with Gasteiger partial charge in [-0.25, -0.2) is 12.7 Å². The van der Waals surface area contributed by atoms with Crippen molar-refractivity contribution in [3.63, 3.8) is 0 Å². The molecule has 114 valence electrons. The molecule has 0 unspecified atom stereocenters. The molecule has 20 heavy (non-hydrogen) atoms. The minimum absolute atomic E-state index is 0.102. The van der Waals surface area contributed by atoms with Gasteiger partial charge in [-0.15, -0.1) is 0 Å². The molecule has 0 aromatic carbocycles. The first-order chi connectivity index (χ1) is 9.51. The van der Waals surface area contributed by atoms with Crippen molar-refractivity contribution in [3.05, 3.63) is 17.5 Å². The minimum atomic E-state index is -3.36. The number of aliphatic hydroxyl groups is 1. The molecule has 0 saturated carbocycles. The van der Waals surface area contributed by atoms with Crippen LogP contribution in [0.5, 0.6) is 0 Å². The molecule has 7 nitrogen and oxygen atoms in total. The number of hydrogen-bond acceptors (Lipinski definition) is 6. The molecule has 0 atom stereocenters. The monoisotopic (exact) mass is 303 g/mol. The molecule has 8 heteroatoms. The van der Waals surface area contributed by atoms with Crippen LogP contribution in [0, 0.1) is 6.92 Å². The van der Waals surface area contributed by atoms with E-state index in [0.717, 1.165) is 13.0 Å². The maximum Gasteiger partial charge on any atom is 0.220 e. The third kappa shape index (κ3) is 4.02. The first-order valence-corrected chi connectivity index (χ1v) is 8.35. The van der Waals surface area contributed by atoms with Crippen molar-refractivity contribution in [2.45, 2.75) is 19.1 Å². The topological polar surface area (TPSA) is 86.9 Å². The van der Waals surface area contributed by atoms with Gasteiger partial charge in [0.05, 0.1) is 6.61 Å². The summed E-state index contributed by atoms with van der Waals surface area (Å²) in [7, 11) is -3.36. The normalized spacial score (nSPS) is 19.1. The Morgan fingerprint density at radius 2 is 2.15 bits per heavy atom. The Bertz CT molecular complexity index is 529.